The number of thiophene rings is 1. The van der Waals surface area contributed by atoms with E-state index in [1.54, 1.807) is 16.2 Å². The van der Waals surface area contributed by atoms with Gasteiger partial charge < -0.3 is 14.8 Å². The van der Waals surface area contributed by atoms with Crippen LogP contribution < -0.4 is 15.4 Å². The van der Waals surface area contributed by atoms with E-state index in [9.17, 15) is 4.79 Å². The maximum Gasteiger partial charge on any atom is 0.260 e. The molecule has 108 valence electrons. The van der Waals surface area contributed by atoms with Gasteiger partial charge >= 0.3 is 0 Å². The van der Waals surface area contributed by atoms with E-state index in [0.717, 1.165) is 41.2 Å². The lowest BCUT2D eigenvalue weighted by Gasteiger charge is -2.26. The fraction of sp³-hybridized carbons (Fsp3) is 0.571. The van der Waals surface area contributed by atoms with Crippen LogP contribution in [0.25, 0.3) is 10.2 Å². The predicted octanol–water partition coefficient (Wildman–Crippen LogP) is -1.49. The summed E-state index contributed by atoms with van der Waals surface area (Å²) in [6.45, 7) is 9.56. The summed E-state index contributed by atoms with van der Waals surface area (Å²) in [5, 5.41) is 0.772. The zero-order valence-corrected chi connectivity index (χ0v) is 13.1. The molecular weight excluding hydrogens is 272 g/mol. The van der Waals surface area contributed by atoms with Gasteiger partial charge in [0.25, 0.3) is 5.56 Å². The molecule has 0 atom stereocenters. The summed E-state index contributed by atoms with van der Waals surface area (Å²) in [5.74, 6) is 0.832. The number of fused-ring (bicyclic) bond motifs is 1. The van der Waals surface area contributed by atoms with E-state index in [-0.39, 0.29) is 5.56 Å². The zero-order valence-electron chi connectivity index (χ0n) is 12.3. The van der Waals surface area contributed by atoms with Crippen molar-refractivity contribution >= 4 is 21.6 Å². The van der Waals surface area contributed by atoms with Gasteiger partial charge in [-0.2, -0.15) is 0 Å². The summed E-state index contributed by atoms with van der Waals surface area (Å²) < 4.78 is 0. The molecule has 0 bridgehead atoms. The Hall–Kier alpha value is -1.24. The van der Waals surface area contributed by atoms with Crippen LogP contribution in [-0.2, 0) is 6.54 Å². The van der Waals surface area contributed by atoms with Gasteiger partial charge in [0.2, 0.25) is 0 Å². The first kappa shape index (κ1) is 13.7. The van der Waals surface area contributed by atoms with Crippen LogP contribution in [0, 0.1) is 13.8 Å². The minimum atomic E-state index is 0.0194. The fourth-order valence-corrected chi connectivity index (χ4v) is 3.88. The van der Waals surface area contributed by atoms with Gasteiger partial charge in [0.05, 0.1) is 12.4 Å². The summed E-state index contributed by atoms with van der Waals surface area (Å²) in [5.41, 5.74) is 1.09. The lowest BCUT2D eigenvalue weighted by Crippen LogP contribution is -3.26. The lowest BCUT2D eigenvalue weighted by molar-refractivity contribution is -1.01. The van der Waals surface area contributed by atoms with Crippen molar-refractivity contribution in [2.75, 3.05) is 33.2 Å². The van der Waals surface area contributed by atoms with Crippen LogP contribution in [0.3, 0.4) is 0 Å². The smallest absolute Gasteiger partial charge is 0.260 e. The summed E-state index contributed by atoms with van der Waals surface area (Å²) >= 11 is 1.63. The van der Waals surface area contributed by atoms with E-state index in [0.29, 0.717) is 0 Å². The van der Waals surface area contributed by atoms with Crippen molar-refractivity contribution in [3.8, 4) is 0 Å². The number of H-pyrrole nitrogens is 1. The molecule has 0 aromatic carbocycles. The number of aromatic amines is 1. The van der Waals surface area contributed by atoms with Crippen molar-refractivity contribution in [3.05, 3.63) is 26.6 Å². The molecule has 0 unspecified atom stereocenters. The van der Waals surface area contributed by atoms with Gasteiger partial charge in [-0.25, -0.2) is 4.98 Å². The van der Waals surface area contributed by atoms with E-state index in [2.05, 4.69) is 23.9 Å². The van der Waals surface area contributed by atoms with E-state index in [1.165, 1.54) is 22.9 Å². The number of rotatable bonds is 2. The van der Waals surface area contributed by atoms with Crippen molar-refractivity contribution in [2.24, 2.45) is 0 Å². The van der Waals surface area contributed by atoms with Crippen molar-refractivity contribution in [1.82, 2.24) is 9.97 Å². The average molecular weight is 294 g/mol. The Morgan fingerprint density at radius 2 is 1.95 bits per heavy atom. The van der Waals surface area contributed by atoms with E-state index in [1.807, 2.05) is 6.92 Å². The lowest BCUT2D eigenvalue weighted by atomic mass is 10.2. The Balaban J connectivity index is 1.88. The van der Waals surface area contributed by atoms with Gasteiger partial charge in [-0.15, -0.1) is 11.3 Å². The van der Waals surface area contributed by atoms with Crippen LogP contribution in [-0.4, -0.2) is 43.2 Å². The monoisotopic (exact) mass is 294 g/mol. The number of aromatic nitrogens is 2. The first-order chi connectivity index (χ1) is 9.54. The molecule has 0 radical (unpaired) electrons. The molecule has 3 N–H and O–H groups in total. The van der Waals surface area contributed by atoms with Crippen molar-refractivity contribution in [1.29, 1.82) is 0 Å². The number of hydrogen-bond acceptors (Lipinski definition) is 3. The second-order valence-corrected chi connectivity index (χ2v) is 7.06. The molecule has 20 heavy (non-hydrogen) atoms. The summed E-state index contributed by atoms with van der Waals surface area (Å²) in [4.78, 5) is 25.0. The molecule has 3 heterocycles. The first-order valence-corrected chi connectivity index (χ1v) is 8.00. The molecule has 3 rings (SSSR count). The molecular formula is C14H22N4OS+2. The van der Waals surface area contributed by atoms with E-state index >= 15 is 0 Å². The first-order valence-electron chi connectivity index (χ1n) is 7.18. The van der Waals surface area contributed by atoms with Gasteiger partial charge in [0.1, 0.15) is 37.6 Å². The average Bonchev–Trinajstić information content (AvgIpc) is 2.68. The maximum absolute atomic E-state index is 12.2. The highest BCUT2D eigenvalue weighted by molar-refractivity contribution is 7.18. The molecule has 0 amide bonds. The van der Waals surface area contributed by atoms with Crippen LogP contribution in [0.5, 0.6) is 0 Å². The van der Waals surface area contributed by atoms with Crippen molar-refractivity contribution in [2.45, 2.75) is 20.4 Å². The third kappa shape index (κ3) is 2.51. The molecule has 0 saturated carbocycles. The Kier molecular flexibility index (Phi) is 3.62. The van der Waals surface area contributed by atoms with Crippen LogP contribution in [0.15, 0.2) is 4.79 Å². The summed E-state index contributed by atoms with van der Waals surface area (Å²) in [6, 6.07) is 0. The highest BCUT2D eigenvalue weighted by Gasteiger charge is 2.21. The molecule has 0 aliphatic carbocycles. The van der Waals surface area contributed by atoms with Gasteiger partial charge in [-0.3, -0.25) is 4.79 Å². The quantitative estimate of drug-likeness (QED) is 0.632. The highest BCUT2D eigenvalue weighted by Crippen LogP contribution is 2.25. The molecule has 1 fully saturated rings. The molecule has 1 aliphatic rings. The van der Waals surface area contributed by atoms with Gasteiger partial charge in [-0.1, -0.05) is 0 Å². The topological polar surface area (TPSA) is 54.6 Å². The van der Waals surface area contributed by atoms with Crippen molar-refractivity contribution in [3.63, 3.8) is 0 Å². The Morgan fingerprint density at radius 1 is 1.25 bits per heavy atom. The number of nitrogens with zero attached hydrogens (tertiary/aromatic N) is 1. The van der Waals surface area contributed by atoms with E-state index < -0.39 is 0 Å². The van der Waals surface area contributed by atoms with Crippen LogP contribution in [0.1, 0.15) is 16.3 Å². The minimum absolute atomic E-state index is 0.0194. The third-order valence-electron chi connectivity index (χ3n) is 4.32. The molecule has 2 aromatic rings. The SMILES string of the molecule is Cc1sc2nc(C[NH+]3CC[NH+](C)CC3)[nH]c(=O)c2c1C. The second-order valence-electron chi connectivity index (χ2n) is 5.86. The van der Waals surface area contributed by atoms with Gasteiger partial charge in [0.15, 0.2) is 5.82 Å². The Labute approximate surface area is 122 Å². The van der Waals surface area contributed by atoms with Gasteiger partial charge in [0, 0.05) is 4.88 Å². The van der Waals surface area contributed by atoms with E-state index in [4.69, 9.17) is 0 Å². The summed E-state index contributed by atoms with van der Waals surface area (Å²) in [7, 11) is 2.24. The van der Waals surface area contributed by atoms with Crippen molar-refractivity contribution < 1.29 is 9.80 Å². The maximum atomic E-state index is 12.2. The fourth-order valence-electron chi connectivity index (χ4n) is 2.83. The molecule has 1 aliphatic heterocycles. The number of piperazine rings is 1. The number of likely N-dealkylation sites (N-methyl/N-ethyl adjacent to an activating group) is 1. The number of hydrogen-bond donors (Lipinski definition) is 3. The highest BCUT2D eigenvalue weighted by atomic mass is 32.1. The Bertz CT molecular complexity index is 682. The number of aryl methyl sites for hydroxylation is 2. The van der Waals surface area contributed by atoms with Crippen LogP contribution >= 0.6 is 11.3 Å². The summed E-state index contributed by atoms with van der Waals surface area (Å²) in [6.07, 6.45) is 0. The largest absolute Gasteiger partial charge is 0.328 e. The van der Waals surface area contributed by atoms with Gasteiger partial charge in [-0.05, 0) is 19.4 Å². The van der Waals surface area contributed by atoms with Crippen LogP contribution in [0.4, 0.5) is 0 Å². The second kappa shape index (κ2) is 5.27. The molecule has 2 aromatic heterocycles. The Morgan fingerprint density at radius 3 is 2.65 bits per heavy atom. The molecule has 1 saturated heterocycles. The van der Waals surface area contributed by atoms with Crippen LogP contribution in [0.2, 0.25) is 0 Å². The zero-order chi connectivity index (χ0) is 14.3. The number of nitrogens with one attached hydrogen (secondary N) is 3. The normalized spacial score (nSPS) is 23.4. The predicted molar refractivity (Wildman–Crippen MR) is 80.7 cm³/mol. The molecule has 0 spiro atoms. The standard InChI is InChI=1S/C14H20N4OS/c1-9-10(2)20-14-12(9)13(19)15-11(16-14)8-18-6-4-17(3)5-7-18/h4-8H2,1-3H3,(H,15,16,19)/p+2. The minimum Gasteiger partial charge on any atom is -0.328 e. The third-order valence-corrected chi connectivity index (χ3v) is 5.42. The molecule has 5 nitrogen and oxygen atoms in total. The number of quaternary nitrogens is 2. The molecule has 6 heteroatoms.